The van der Waals surface area contributed by atoms with Crippen molar-refractivity contribution in [3.05, 3.63) is 64.7 Å². The predicted molar refractivity (Wildman–Crippen MR) is 136 cm³/mol. The fourth-order valence-corrected chi connectivity index (χ4v) is 4.64. The van der Waals surface area contributed by atoms with Gasteiger partial charge in [0.1, 0.15) is 17.3 Å². The summed E-state index contributed by atoms with van der Waals surface area (Å²) in [5, 5.41) is 11.4. The van der Waals surface area contributed by atoms with Crippen LogP contribution in [0.2, 0.25) is 0 Å². The zero-order valence-electron chi connectivity index (χ0n) is 21.2. The Morgan fingerprint density at radius 2 is 1.81 bits per heavy atom. The average molecular weight is 495 g/mol. The summed E-state index contributed by atoms with van der Waals surface area (Å²) in [5.74, 6) is -0.0777. The normalized spacial score (nSPS) is 20.1. The Morgan fingerprint density at radius 3 is 2.44 bits per heavy atom. The molecular weight excluding hydrogens is 460 g/mol. The quantitative estimate of drug-likeness (QED) is 0.324. The van der Waals surface area contributed by atoms with E-state index in [0.29, 0.717) is 44.2 Å². The van der Waals surface area contributed by atoms with Crippen LogP contribution in [0, 0.1) is 6.92 Å². The monoisotopic (exact) mass is 494 g/mol. The molecule has 192 valence electrons. The van der Waals surface area contributed by atoms with Gasteiger partial charge in [-0.05, 0) is 54.8 Å². The van der Waals surface area contributed by atoms with Gasteiger partial charge < -0.3 is 24.2 Å². The van der Waals surface area contributed by atoms with E-state index < -0.39 is 17.7 Å². The van der Waals surface area contributed by atoms with Crippen LogP contribution in [0.1, 0.15) is 36.1 Å². The van der Waals surface area contributed by atoms with E-state index in [0.717, 1.165) is 36.4 Å². The number of methoxy groups -OCH3 is 1. The van der Waals surface area contributed by atoms with E-state index >= 15 is 0 Å². The predicted octanol–water partition coefficient (Wildman–Crippen LogP) is 3.55. The summed E-state index contributed by atoms with van der Waals surface area (Å²) in [7, 11) is 1.58. The third-order valence-electron chi connectivity index (χ3n) is 6.64. The number of amides is 1. The first-order valence-electron chi connectivity index (χ1n) is 12.4. The molecule has 0 saturated carbocycles. The van der Waals surface area contributed by atoms with Crippen LogP contribution in [0.3, 0.4) is 0 Å². The second-order valence-corrected chi connectivity index (χ2v) is 9.05. The zero-order chi connectivity index (χ0) is 25.7. The number of nitrogens with zero attached hydrogens (tertiary/aromatic N) is 2. The number of hydrogen-bond donors (Lipinski definition) is 1. The number of morpholine rings is 1. The number of aryl methyl sites for hydroxylation is 1. The Labute approximate surface area is 212 Å². The second kappa shape index (κ2) is 11.6. The first-order valence-corrected chi connectivity index (χ1v) is 12.4. The van der Waals surface area contributed by atoms with Crippen molar-refractivity contribution in [2.45, 2.75) is 26.3 Å². The SMILES string of the molecule is CCCOc1ccc(C(O)=C2C(=O)C(=O)N(CCN3CCOCC3)[C@@H]2c2ccc(OC)cc2)cc1C. The minimum atomic E-state index is -0.701. The standard InChI is InChI=1S/C28H34N2O6/c1-4-15-36-23-10-7-21(18-19(23)2)26(31)24-25(20-5-8-22(34-3)9-6-20)30(28(33)27(24)32)12-11-29-13-16-35-17-14-29/h5-10,18,25,31H,4,11-17H2,1-3H3/t25-/m1/s1. The lowest BCUT2D eigenvalue weighted by atomic mass is 9.94. The highest BCUT2D eigenvalue weighted by molar-refractivity contribution is 6.46. The number of benzene rings is 2. The van der Waals surface area contributed by atoms with Gasteiger partial charge in [-0.15, -0.1) is 0 Å². The van der Waals surface area contributed by atoms with Crippen molar-refractivity contribution in [1.82, 2.24) is 9.80 Å². The Morgan fingerprint density at radius 1 is 1.08 bits per heavy atom. The number of rotatable bonds is 9. The maximum Gasteiger partial charge on any atom is 0.295 e. The van der Waals surface area contributed by atoms with Crippen molar-refractivity contribution in [2.24, 2.45) is 0 Å². The molecule has 0 bridgehead atoms. The first-order chi connectivity index (χ1) is 17.4. The summed E-state index contributed by atoms with van der Waals surface area (Å²) in [4.78, 5) is 30.3. The lowest BCUT2D eigenvalue weighted by Crippen LogP contribution is -2.42. The molecule has 0 radical (unpaired) electrons. The summed E-state index contributed by atoms with van der Waals surface area (Å²) in [5.41, 5.74) is 2.14. The fraction of sp³-hybridized carbons (Fsp3) is 0.429. The molecule has 2 aromatic carbocycles. The lowest BCUT2D eigenvalue weighted by molar-refractivity contribution is -0.140. The number of hydrogen-bond acceptors (Lipinski definition) is 7. The average Bonchev–Trinajstić information content (AvgIpc) is 3.16. The van der Waals surface area contributed by atoms with Crippen LogP contribution in [0.25, 0.3) is 5.76 Å². The van der Waals surface area contributed by atoms with Crippen molar-refractivity contribution in [3.63, 3.8) is 0 Å². The molecule has 36 heavy (non-hydrogen) atoms. The van der Waals surface area contributed by atoms with Gasteiger partial charge in [0.05, 0.1) is 38.5 Å². The molecule has 1 atom stereocenters. The molecule has 2 heterocycles. The van der Waals surface area contributed by atoms with Crippen LogP contribution in [-0.2, 0) is 14.3 Å². The van der Waals surface area contributed by atoms with Crippen LogP contribution in [0.4, 0.5) is 0 Å². The number of Topliss-reactive ketones (excluding diaryl/α,β-unsaturated/α-hetero) is 1. The molecule has 8 heteroatoms. The summed E-state index contributed by atoms with van der Waals surface area (Å²) >= 11 is 0. The molecule has 2 fully saturated rings. The largest absolute Gasteiger partial charge is 0.507 e. The third kappa shape index (κ3) is 5.39. The molecule has 0 unspecified atom stereocenters. The van der Waals surface area contributed by atoms with Crippen molar-refractivity contribution in [1.29, 1.82) is 0 Å². The molecule has 2 aromatic rings. The number of carbonyl (C=O) groups excluding carboxylic acids is 2. The zero-order valence-corrected chi connectivity index (χ0v) is 21.2. The summed E-state index contributed by atoms with van der Waals surface area (Å²) in [6.07, 6.45) is 0.886. The summed E-state index contributed by atoms with van der Waals surface area (Å²) in [6, 6.07) is 11.8. The molecule has 0 aliphatic carbocycles. The van der Waals surface area contributed by atoms with Crippen LogP contribution in [-0.4, -0.2) is 79.7 Å². The molecule has 0 spiro atoms. The number of aliphatic hydroxyl groups excluding tert-OH is 1. The number of likely N-dealkylation sites (tertiary alicyclic amines) is 1. The van der Waals surface area contributed by atoms with Gasteiger partial charge in [0.2, 0.25) is 0 Å². The Hall–Kier alpha value is -3.36. The summed E-state index contributed by atoms with van der Waals surface area (Å²) in [6.45, 7) is 8.36. The highest BCUT2D eigenvalue weighted by Crippen LogP contribution is 2.40. The molecule has 1 N–H and O–H groups in total. The molecule has 0 aromatic heterocycles. The molecule has 2 aliphatic rings. The van der Waals surface area contributed by atoms with Gasteiger partial charge in [-0.25, -0.2) is 0 Å². The van der Waals surface area contributed by atoms with Crippen LogP contribution in [0.15, 0.2) is 48.0 Å². The third-order valence-corrected chi connectivity index (χ3v) is 6.64. The maximum absolute atomic E-state index is 13.3. The number of ether oxygens (including phenoxy) is 3. The number of aliphatic hydroxyl groups is 1. The topological polar surface area (TPSA) is 88.5 Å². The van der Waals surface area contributed by atoms with E-state index in [1.54, 1.807) is 42.3 Å². The van der Waals surface area contributed by atoms with Gasteiger partial charge in [-0.2, -0.15) is 0 Å². The Kier molecular flexibility index (Phi) is 8.28. The van der Waals surface area contributed by atoms with E-state index in [-0.39, 0.29) is 11.3 Å². The number of carbonyl (C=O) groups is 2. The van der Waals surface area contributed by atoms with E-state index in [4.69, 9.17) is 14.2 Å². The smallest absolute Gasteiger partial charge is 0.295 e. The summed E-state index contributed by atoms with van der Waals surface area (Å²) < 4.78 is 16.5. The van der Waals surface area contributed by atoms with Crippen molar-refractivity contribution >= 4 is 17.4 Å². The van der Waals surface area contributed by atoms with Gasteiger partial charge in [0, 0.05) is 31.7 Å². The van der Waals surface area contributed by atoms with Gasteiger partial charge in [0.15, 0.2) is 0 Å². The first kappa shape index (κ1) is 25.7. The fourth-order valence-electron chi connectivity index (χ4n) is 4.64. The molecular formula is C28H34N2O6. The molecule has 2 aliphatic heterocycles. The minimum Gasteiger partial charge on any atom is -0.507 e. The van der Waals surface area contributed by atoms with E-state index in [1.165, 1.54) is 0 Å². The molecule has 4 rings (SSSR count). The van der Waals surface area contributed by atoms with Gasteiger partial charge >= 0.3 is 0 Å². The van der Waals surface area contributed by atoms with Gasteiger partial charge in [-0.1, -0.05) is 19.1 Å². The van der Waals surface area contributed by atoms with Crippen molar-refractivity contribution < 1.29 is 28.9 Å². The van der Waals surface area contributed by atoms with Crippen LogP contribution >= 0.6 is 0 Å². The van der Waals surface area contributed by atoms with Gasteiger partial charge in [0.25, 0.3) is 11.7 Å². The Balaban J connectivity index is 1.71. The van der Waals surface area contributed by atoms with Crippen molar-refractivity contribution in [2.75, 3.05) is 53.1 Å². The van der Waals surface area contributed by atoms with E-state index in [1.807, 2.05) is 26.0 Å². The molecule has 8 nitrogen and oxygen atoms in total. The van der Waals surface area contributed by atoms with Crippen LogP contribution in [0.5, 0.6) is 11.5 Å². The van der Waals surface area contributed by atoms with Crippen LogP contribution < -0.4 is 9.47 Å². The van der Waals surface area contributed by atoms with E-state index in [9.17, 15) is 14.7 Å². The number of ketones is 1. The second-order valence-electron chi connectivity index (χ2n) is 9.05. The lowest BCUT2D eigenvalue weighted by Gasteiger charge is -2.31. The Bertz CT molecular complexity index is 1120. The molecule has 2 saturated heterocycles. The minimum absolute atomic E-state index is 0.0915. The maximum atomic E-state index is 13.3. The molecule has 1 amide bonds. The van der Waals surface area contributed by atoms with Gasteiger partial charge in [-0.3, -0.25) is 14.5 Å². The highest BCUT2D eigenvalue weighted by atomic mass is 16.5. The highest BCUT2D eigenvalue weighted by Gasteiger charge is 2.46. The van der Waals surface area contributed by atoms with Crippen molar-refractivity contribution in [3.8, 4) is 11.5 Å². The van der Waals surface area contributed by atoms with E-state index in [2.05, 4.69) is 4.90 Å².